The lowest BCUT2D eigenvalue weighted by atomic mass is 9.81. The van der Waals surface area contributed by atoms with Gasteiger partial charge in [-0.3, -0.25) is 9.59 Å². The number of hydrogen-bond donors (Lipinski definition) is 0. The number of Topliss-reactive ketones (excluding diaryl/α,β-unsaturated/α-hetero) is 2. The molecule has 2 aliphatic rings. The zero-order chi connectivity index (χ0) is 17.6. The number of thioether (sulfide) groups is 1. The molecule has 7 heteroatoms. The van der Waals surface area contributed by atoms with E-state index in [1.807, 2.05) is 6.26 Å². The van der Waals surface area contributed by atoms with Crippen LogP contribution in [0, 0.1) is 12.8 Å². The summed E-state index contributed by atoms with van der Waals surface area (Å²) in [7, 11) is -3.32. The number of fused-ring (bicyclic) bond motifs is 1. The minimum Gasteiger partial charge on any atom is -0.299 e. The third-order valence-corrected chi connectivity index (χ3v) is 8.38. The van der Waals surface area contributed by atoms with Crippen LogP contribution in [0.2, 0.25) is 5.02 Å². The van der Waals surface area contributed by atoms with Crippen molar-refractivity contribution in [3.05, 3.63) is 27.8 Å². The van der Waals surface area contributed by atoms with Crippen molar-refractivity contribution in [2.75, 3.05) is 12.0 Å². The predicted octanol–water partition coefficient (Wildman–Crippen LogP) is 3.26. The molecule has 0 saturated heterocycles. The third kappa shape index (κ3) is 2.82. The van der Waals surface area contributed by atoms with Crippen molar-refractivity contribution in [2.45, 2.75) is 42.8 Å². The number of halogens is 1. The first kappa shape index (κ1) is 18.0. The van der Waals surface area contributed by atoms with Gasteiger partial charge in [-0.2, -0.15) is 11.8 Å². The Bertz CT molecular complexity index is 829. The number of carbonyl (C=O) groups excluding carboxylic acids is 2. The maximum atomic E-state index is 13.0. The lowest BCUT2D eigenvalue weighted by Crippen LogP contribution is -2.37. The smallest absolute Gasteiger partial charge is 0.179 e. The molecule has 1 aliphatic heterocycles. The second-order valence-electron chi connectivity index (χ2n) is 6.41. The van der Waals surface area contributed by atoms with Gasteiger partial charge in [-0.25, -0.2) is 8.42 Å². The Morgan fingerprint density at radius 2 is 2.04 bits per heavy atom. The largest absolute Gasteiger partial charge is 0.299 e. The zero-order valence-corrected chi connectivity index (χ0v) is 16.0. The van der Waals surface area contributed by atoms with Gasteiger partial charge >= 0.3 is 0 Å². The number of rotatable bonds is 3. The van der Waals surface area contributed by atoms with Gasteiger partial charge in [0.1, 0.15) is 5.78 Å². The SMILES string of the molecule is CSC1CCCC(=O)C1C(=O)c1cc(C)c2c(c1Cl)CCS2(=O)=O. The second kappa shape index (κ2) is 6.46. The molecule has 1 aromatic carbocycles. The summed E-state index contributed by atoms with van der Waals surface area (Å²) in [4.78, 5) is 25.6. The first-order valence-electron chi connectivity index (χ1n) is 7.92. The Kier molecular flexibility index (Phi) is 4.84. The van der Waals surface area contributed by atoms with Gasteiger partial charge in [0.15, 0.2) is 15.6 Å². The summed E-state index contributed by atoms with van der Waals surface area (Å²) in [6.07, 6.45) is 4.29. The summed E-state index contributed by atoms with van der Waals surface area (Å²) in [5.74, 6) is -0.954. The molecule has 1 aliphatic carbocycles. The zero-order valence-electron chi connectivity index (χ0n) is 13.6. The average molecular weight is 387 g/mol. The normalized spacial score (nSPS) is 25.5. The molecule has 24 heavy (non-hydrogen) atoms. The molecular formula is C17H19ClO4S2. The van der Waals surface area contributed by atoms with Crippen LogP contribution < -0.4 is 0 Å². The number of hydrogen-bond acceptors (Lipinski definition) is 5. The fraction of sp³-hybridized carbons (Fsp3) is 0.529. The minimum absolute atomic E-state index is 0.0241. The lowest BCUT2D eigenvalue weighted by molar-refractivity contribution is -0.122. The molecule has 2 unspecified atom stereocenters. The molecule has 0 spiro atoms. The molecule has 4 nitrogen and oxygen atoms in total. The van der Waals surface area contributed by atoms with Crippen LogP contribution >= 0.6 is 23.4 Å². The summed E-state index contributed by atoms with van der Waals surface area (Å²) >= 11 is 7.94. The fourth-order valence-corrected chi connectivity index (χ4v) is 6.91. The van der Waals surface area contributed by atoms with Gasteiger partial charge in [-0.05, 0) is 49.6 Å². The van der Waals surface area contributed by atoms with Crippen LogP contribution in [0.3, 0.4) is 0 Å². The predicted molar refractivity (Wildman–Crippen MR) is 95.9 cm³/mol. The number of ketones is 2. The van der Waals surface area contributed by atoms with E-state index < -0.39 is 15.8 Å². The van der Waals surface area contributed by atoms with Gasteiger partial charge in [-0.15, -0.1) is 0 Å². The van der Waals surface area contributed by atoms with Gasteiger partial charge in [-0.1, -0.05) is 11.6 Å². The first-order valence-corrected chi connectivity index (χ1v) is 11.2. The molecule has 1 fully saturated rings. The summed E-state index contributed by atoms with van der Waals surface area (Å²) in [5.41, 5.74) is 1.37. The molecule has 0 aromatic heterocycles. The second-order valence-corrected chi connectivity index (χ2v) is 9.91. The highest BCUT2D eigenvalue weighted by atomic mass is 35.5. The summed E-state index contributed by atoms with van der Waals surface area (Å²) in [6, 6.07) is 1.55. The average Bonchev–Trinajstić information content (AvgIpc) is 2.86. The lowest BCUT2D eigenvalue weighted by Gasteiger charge is -2.28. The monoisotopic (exact) mass is 386 g/mol. The highest BCUT2D eigenvalue weighted by Gasteiger charge is 2.40. The van der Waals surface area contributed by atoms with Gasteiger partial charge < -0.3 is 0 Å². The summed E-state index contributed by atoms with van der Waals surface area (Å²) in [5, 5.41) is 0.173. The van der Waals surface area contributed by atoms with Gasteiger partial charge in [0.2, 0.25) is 0 Å². The molecule has 0 amide bonds. The van der Waals surface area contributed by atoms with Crippen LogP contribution in [0.15, 0.2) is 11.0 Å². The van der Waals surface area contributed by atoms with Crippen molar-refractivity contribution < 1.29 is 18.0 Å². The molecule has 1 heterocycles. The Labute approximate surface area is 151 Å². The Hall–Kier alpha value is -0.850. The molecule has 1 saturated carbocycles. The fourth-order valence-electron chi connectivity index (χ4n) is 3.76. The minimum atomic E-state index is -3.32. The van der Waals surface area contributed by atoms with Crippen LogP contribution in [0.4, 0.5) is 0 Å². The van der Waals surface area contributed by atoms with Crippen LogP contribution in [0.1, 0.15) is 40.7 Å². The molecule has 130 valence electrons. The van der Waals surface area contributed by atoms with Gasteiger partial charge in [0.05, 0.1) is 21.6 Å². The molecule has 0 radical (unpaired) electrons. The number of carbonyl (C=O) groups is 2. The van der Waals surface area contributed by atoms with Crippen molar-refractivity contribution in [3.8, 4) is 0 Å². The van der Waals surface area contributed by atoms with E-state index in [0.717, 1.165) is 12.8 Å². The van der Waals surface area contributed by atoms with Crippen molar-refractivity contribution in [1.82, 2.24) is 0 Å². The quantitative estimate of drug-likeness (QED) is 0.589. The molecular weight excluding hydrogens is 368 g/mol. The van der Waals surface area contributed by atoms with Gasteiger partial charge in [0.25, 0.3) is 0 Å². The van der Waals surface area contributed by atoms with Crippen LogP contribution in [0.25, 0.3) is 0 Å². The number of benzene rings is 1. The Morgan fingerprint density at radius 3 is 2.71 bits per heavy atom. The molecule has 0 bridgehead atoms. The van der Waals surface area contributed by atoms with E-state index >= 15 is 0 Å². The molecule has 2 atom stereocenters. The molecule has 3 rings (SSSR count). The van der Waals surface area contributed by atoms with E-state index in [2.05, 4.69) is 0 Å². The van der Waals surface area contributed by atoms with Crippen LogP contribution in [-0.2, 0) is 21.1 Å². The summed E-state index contributed by atoms with van der Waals surface area (Å²) < 4.78 is 24.3. The molecule has 0 N–H and O–H groups in total. The van der Waals surface area contributed by atoms with Crippen molar-refractivity contribution in [3.63, 3.8) is 0 Å². The topological polar surface area (TPSA) is 68.3 Å². The standard InChI is InChI=1S/C17H19ClO4S2/c1-9-8-11(15(18)10-6-7-24(21,22)17(9)10)16(20)14-12(19)4-3-5-13(14)23-2/h8,13-14H,3-7H2,1-2H3. The first-order chi connectivity index (χ1) is 11.3. The molecule has 1 aromatic rings. The van der Waals surface area contributed by atoms with Crippen LogP contribution in [0.5, 0.6) is 0 Å². The third-order valence-electron chi connectivity index (χ3n) is 4.91. The highest BCUT2D eigenvalue weighted by molar-refractivity contribution is 7.99. The van der Waals surface area contributed by atoms with E-state index in [0.29, 0.717) is 29.5 Å². The number of sulfone groups is 1. The van der Waals surface area contributed by atoms with E-state index in [4.69, 9.17) is 11.6 Å². The maximum Gasteiger partial charge on any atom is 0.179 e. The highest BCUT2D eigenvalue weighted by Crippen LogP contribution is 2.39. The van der Waals surface area contributed by atoms with Crippen molar-refractivity contribution >= 4 is 44.8 Å². The van der Waals surface area contributed by atoms with Gasteiger partial charge in [0, 0.05) is 17.2 Å². The van der Waals surface area contributed by atoms with Crippen LogP contribution in [-0.4, -0.2) is 37.2 Å². The van der Waals surface area contributed by atoms with Crippen molar-refractivity contribution in [2.24, 2.45) is 5.92 Å². The number of aryl methyl sites for hydroxylation is 1. The van der Waals surface area contributed by atoms with E-state index in [9.17, 15) is 18.0 Å². The Morgan fingerprint density at radius 1 is 1.33 bits per heavy atom. The maximum absolute atomic E-state index is 13.0. The van der Waals surface area contributed by atoms with E-state index in [1.54, 1.807) is 13.0 Å². The van der Waals surface area contributed by atoms with E-state index in [1.165, 1.54) is 11.8 Å². The van der Waals surface area contributed by atoms with E-state index in [-0.39, 0.29) is 32.5 Å². The Balaban J connectivity index is 2.09. The summed E-state index contributed by atoms with van der Waals surface area (Å²) in [6.45, 7) is 1.68. The van der Waals surface area contributed by atoms with Crippen molar-refractivity contribution in [1.29, 1.82) is 0 Å².